The van der Waals surface area contributed by atoms with Crippen LogP contribution in [0.1, 0.15) is 5.56 Å². The van der Waals surface area contributed by atoms with Crippen LogP contribution in [0.3, 0.4) is 0 Å². The van der Waals surface area contributed by atoms with Crippen LogP contribution in [0.15, 0.2) is 97.2 Å². The van der Waals surface area contributed by atoms with E-state index in [1.54, 1.807) is 0 Å². The molecule has 2 heterocycles. The molecular formula is C25H20N4. The molecule has 0 fully saturated rings. The van der Waals surface area contributed by atoms with Crippen molar-refractivity contribution >= 4 is 17.2 Å². The highest BCUT2D eigenvalue weighted by atomic mass is 15.3. The van der Waals surface area contributed by atoms with Crippen LogP contribution in [0.2, 0.25) is 0 Å². The highest BCUT2D eigenvalue weighted by molar-refractivity contribution is 5.90. The fourth-order valence-corrected chi connectivity index (χ4v) is 3.50. The number of benzene rings is 3. The van der Waals surface area contributed by atoms with Crippen LogP contribution in [0.5, 0.6) is 0 Å². The third kappa shape index (κ3) is 3.25. The van der Waals surface area contributed by atoms with E-state index in [2.05, 4.69) is 53.6 Å². The SMILES string of the molecule is Cc1ccc(-c2ccnc3c(-c4ccccc4)c(Nc4ccccc4)nn23)cc1. The zero-order chi connectivity index (χ0) is 19.6. The van der Waals surface area contributed by atoms with Gasteiger partial charge in [0.15, 0.2) is 11.5 Å². The Morgan fingerprint density at radius 3 is 2.14 bits per heavy atom. The summed E-state index contributed by atoms with van der Waals surface area (Å²) in [4.78, 5) is 4.68. The molecule has 0 aliphatic rings. The van der Waals surface area contributed by atoms with Crippen molar-refractivity contribution < 1.29 is 0 Å². The van der Waals surface area contributed by atoms with Gasteiger partial charge in [0.25, 0.3) is 0 Å². The molecule has 5 rings (SSSR count). The Labute approximate surface area is 169 Å². The van der Waals surface area contributed by atoms with Crippen LogP contribution >= 0.6 is 0 Å². The van der Waals surface area contributed by atoms with E-state index in [9.17, 15) is 0 Å². The van der Waals surface area contributed by atoms with E-state index in [1.165, 1.54) is 5.56 Å². The van der Waals surface area contributed by atoms with Crippen molar-refractivity contribution in [1.29, 1.82) is 0 Å². The Hall–Kier alpha value is -3.92. The minimum Gasteiger partial charge on any atom is -0.338 e. The minimum absolute atomic E-state index is 0.787. The zero-order valence-corrected chi connectivity index (χ0v) is 16.1. The Morgan fingerprint density at radius 1 is 0.724 bits per heavy atom. The Kier molecular flexibility index (Phi) is 4.30. The number of nitrogens with zero attached hydrogens (tertiary/aromatic N) is 3. The summed E-state index contributed by atoms with van der Waals surface area (Å²) in [6.07, 6.45) is 1.85. The molecule has 3 aromatic carbocycles. The predicted octanol–water partition coefficient (Wildman–Crippen LogP) is 6.12. The molecule has 5 aromatic rings. The quantitative estimate of drug-likeness (QED) is 0.411. The smallest absolute Gasteiger partial charge is 0.165 e. The van der Waals surface area contributed by atoms with Gasteiger partial charge in [-0.3, -0.25) is 0 Å². The molecule has 4 heteroatoms. The van der Waals surface area contributed by atoms with Crippen LogP contribution in [-0.4, -0.2) is 14.6 Å². The van der Waals surface area contributed by atoms with Crippen LogP contribution < -0.4 is 5.32 Å². The molecule has 4 nitrogen and oxygen atoms in total. The molecule has 0 atom stereocenters. The first-order valence-electron chi connectivity index (χ1n) is 9.62. The molecule has 0 saturated heterocycles. The predicted molar refractivity (Wildman–Crippen MR) is 118 cm³/mol. The minimum atomic E-state index is 0.787. The number of aryl methyl sites for hydroxylation is 1. The Balaban J connectivity index is 1.74. The summed E-state index contributed by atoms with van der Waals surface area (Å²) >= 11 is 0. The Bertz CT molecular complexity index is 1260. The molecular weight excluding hydrogens is 356 g/mol. The molecule has 0 amide bonds. The lowest BCUT2D eigenvalue weighted by atomic mass is 10.1. The summed E-state index contributed by atoms with van der Waals surface area (Å²) in [7, 11) is 0. The lowest BCUT2D eigenvalue weighted by molar-refractivity contribution is 0.951. The van der Waals surface area contributed by atoms with Crippen molar-refractivity contribution in [2.75, 3.05) is 5.32 Å². The summed E-state index contributed by atoms with van der Waals surface area (Å²) in [5.74, 6) is 0.787. The van der Waals surface area contributed by atoms with Gasteiger partial charge in [-0.2, -0.15) is 0 Å². The first kappa shape index (κ1) is 17.2. The number of aromatic nitrogens is 3. The van der Waals surface area contributed by atoms with E-state index in [1.807, 2.05) is 65.3 Å². The van der Waals surface area contributed by atoms with Gasteiger partial charge in [0.2, 0.25) is 0 Å². The molecule has 0 aliphatic heterocycles. The van der Waals surface area contributed by atoms with Crippen LogP contribution in [0.25, 0.3) is 28.0 Å². The van der Waals surface area contributed by atoms with Gasteiger partial charge in [-0.25, -0.2) is 9.50 Å². The molecule has 1 N–H and O–H groups in total. The lowest BCUT2D eigenvalue weighted by Crippen LogP contribution is -1.96. The summed E-state index contributed by atoms with van der Waals surface area (Å²) < 4.78 is 1.93. The number of hydrogen-bond acceptors (Lipinski definition) is 3. The van der Waals surface area contributed by atoms with Gasteiger partial charge >= 0.3 is 0 Å². The van der Waals surface area contributed by atoms with Gasteiger partial charge < -0.3 is 5.32 Å². The van der Waals surface area contributed by atoms with E-state index in [0.717, 1.165) is 39.5 Å². The monoisotopic (exact) mass is 376 g/mol. The summed E-state index contributed by atoms with van der Waals surface area (Å²) in [6, 6.07) is 30.9. The van der Waals surface area contributed by atoms with Crippen molar-refractivity contribution in [2.45, 2.75) is 6.92 Å². The molecule has 0 radical (unpaired) electrons. The van der Waals surface area contributed by atoms with E-state index in [-0.39, 0.29) is 0 Å². The number of anilines is 2. The van der Waals surface area contributed by atoms with Crippen molar-refractivity contribution in [3.8, 4) is 22.4 Å². The second kappa shape index (κ2) is 7.24. The topological polar surface area (TPSA) is 42.2 Å². The number of fused-ring (bicyclic) bond motifs is 1. The fraction of sp³-hybridized carbons (Fsp3) is 0.0400. The molecule has 0 bridgehead atoms. The lowest BCUT2D eigenvalue weighted by Gasteiger charge is -2.06. The largest absolute Gasteiger partial charge is 0.338 e. The molecule has 140 valence electrons. The fourth-order valence-electron chi connectivity index (χ4n) is 3.50. The molecule has 0 unspecified atom stereocenters. The summed E-state index contributed by atoms with van der Waals surface area (Å²) in [5.41, 5.74) is 7.23. The van der Waals surface area contributed by atoms with Gasteiger partial charge in [-0.1, -0.05) is 78.4 Å². The van der Waals surface area contributed by atoms with E-state index in [4.69, 9.17) is 5.10 Å². The van der Waals surface area contributed by atoms with E-state index in [0.29, 0.717) is 0 Å². The summed E-state index contributed by atoms with van der Waals surface area (Å²) in [5, 5.41) is 8.40. The highest BCUT2D eigenvalue weighted by Crippen LogP contribution is 2.34. The zero-order valence-electron chi connectivity index (χ0n) is 16.1. The molecule has 0 aliphatic carbocycles. The Morgan fingerprint density at radius 2 is 1.41 bits per heavy atom. The van der Waals surface area contributed by atoms with Crippen LogP contribution in [-0.2, 0) is 0 Å². The molecule has 29 heavy (non-hydrogen) atoms. The highest BCUT2D eigenvalue weighted by Gasteiger charge is 2.18. The van der Waals surface area contributed by atoms with Crippen LogP contribution in [0, 0.1) is 6.92 Å². The van der Waals surface area contributed by atoms with Crippen molar-refractivity contribution in [1.82, 2.24) is 14.6 Å². The third-order valence-corrected chi connectivity index (χ3v) is 4.96. The maximum absolute atomic E-state index is 4.93. The van der Waals surface area contributed by atoms with Crippen molar-refractivity contribution in [2.24, 2.45) is 0 Å². The average Bonchev–Trinajstić information content (AvgIpc) is 3.13. The number of rotatable bonds is 4. The van der Waals surface area contributed by atoms with Gasteiger partial charge in [0, 0.05) is 17.4 Å². The normalized spacial score (nSPS) is 10.9. The first-order valence-corrected chi connectivity index (χ1v) is 9.62. The van der Waals surface area contributed by atoms with Crippen molar-refractivity contribution in [3.05, 3.63) is 103 Å². The molecule has 2 aromatic heterocycles. The van der Waals surface area contributed by atoms with Crippen LogP contribution in [0.4, 0.5) is 11.5 Å². The second-order valence-electron chi connectivity index (χ2n) is 7.01. The van der Waals surface area contributed by atoms with E-state index < -0.39 is 0 Å². The maximum atomic E-state index is 4.93. The van der Waals surface area contributed by atoms with Gasteiger partial charge in [-0.05, 0) is 30.7 Å². The average molecular weight is 376 g/mol. The standard InChI is InChI=1S/C25H20N4/c1-18-12-14-19(15-13-18)22-16-17-26-25-23(20-8-4-2-5-9-20)24(28-29(22)25)27-21-10-6-3-7-11-21/h2-17H,1H3,(H,27,28). The molecule has 0 saturated carbocycles. The van der Waals surface area contributed by atoms with Gasteiger partial charge in [0.1, 0.15) is 0 Å². The summed E-state index contributed by atoms with van der Waals surface area (Å²) in [6.45, 7) is 2.09. The van der Waals surface area contributed by atoms with Gasteiger partial charge in [0.05, 0.1) is 11.3 Å². The number of hydrogen-bond donors (Lipinski definition) is 1. The second-order valence-corrected chi connectivity index (χ2v) is 7.01. The number of nitrogens with one attached hydrogen (secondary N) is 1. The third-order valence-electron chi connectivity index (χ3n) is 4.96. The number of para-hydroxylation sites is 1. The van der Waals surface area contributed by atoms with Crippen molar-refractivity contribution in [3.63, 3.8) is 0 Å². The first-order chi connectivity index (χ1) is 14.3. The van der Waals surface area contributed by atoms with Gasteiger partial charge in [-0.15, -0.1) is 5.10 Å². The van der Waals surface area contributed by atoms with E-state index >= 15 is 0 Å². The maximum Gasteiger partial charge on any atom is 0.165 e. The molecule has 0 spiro atoms.